The van der Waals surface area contributed by atoms with Gasteiger partial charge in [-0.15, -0.1) is 6.58 Å². The summed E-state index contributed by atoms with van der Waals surface area (Å²) < 4.78 is 4.71. The Kier molecular flexibility index (Phi) is 7.18. The van der Waals surface area contributed by atoms with Crippen molar-refractivity contribution in [3.63, 3.8) is 0 Å². The summed E-state index contributed by atoms with van der Waals surface area (Å²) in [6.07, 6.45) is 2.01. The molecule has 5 nitrogen and oxygen atoms in total. The predicted octanol–water partition coefficient (Wildman–Crippen LogP) is -0.416. The lowest BCUT2D eigenvalue weighted by molar-refractivity contribution is -0.135. The van der Waals surface area contributed by atoms with Crippen LogP contribution in [-0.2, 0) is 14.4 Å². The van der Waals surface area contributed by atoms with E-state index in [0.717, 1.165) is 0 Å². The third-order valence-electron chi connectivity index (χ3n) is 1.32. The van der Waals surface area contributed by atoms with Gasteiger partial charge in [-0.1, -0.05) is 6.08 Å². The first-order valence-corrected chi connectivity index (χ1v) is 3.99. The Labute approximate surface area is 77.8 Å². The molecule has 0 spiro atoms. The minimum absolute atomic E-state index is 0.309. The average molecular weight is 188 g/mol. The van der Waals surface area contributed by atoms with Gasteiger partial charge in [0, 0.05) is 7.11 Å². The molecule has 5 heteroatoms. The maximum Gasteiger partial charge on any atom is 0.260 e. The summed E-state index contributed by atoms with van der Waals surface area (Å²) in [4.78, 5) is 15.8. The number of amides is 1. The summed E-state index contributed by atoms with van der Waals surface area (Å²) in [6, 6.07) is -0.597. The Morgan fingerprint density at radius 1 is 1.69 bits per heavy atom. The molecule has 0 saturated carbocycles. The van der Waals surface area contributed by atoms with Gasteiger partial charge in [0.2, 0.25) is 0 Å². The van der Waals surface area contributed by atoms with Gasteiger partial charge in [-0.05, 0) is 6.42 Å². The molecule has 0 aliphatic heterocycles. The third-order valence-corrected chi connectivity index (χ3v) is 1.32. The second-order valence-corrected chi connectivity index (χ2v) is 2.44. The fourth-order valence-electron chi connectivity index (χ4n) is 0.609. The quantitative estimate of drug-likeness (QED) is 0.323. The minimum Gasteiger partial charge on any atom is -0.382 e. The van der Waals surface area contributed by atoms with Crippen LogP contribution in [0.5, 0.6) is 0 Å². The molecule has 0 bridgehead atoms. The van der Waals surface area contributed by atoms with Crippen molar-refractivity contribution < 1.29 is 14.4 Å². The van der Waals surface area contributed by atoms with Crippen LogP contribution in [0.1, 0.15) is 6.42 Å². The van der Waals surface area contributed by atoms with Gasteiger partial charge < -0.3 is 10.5 Å². The Morgan fingerprint density at radius 2 is 2.38 bits per heavy atom. The number of nitrogens with one attached hydrogen (secondary N) is 1. The Balaban J connectivity index is 3.44. The van der Waals surface area contributed by atoms with Crippen molar-refractivity contribution in [3.05, 3.63) is 12.7 Å². The van der Waals surface area contributed by atoms with Gasteiger partial charge in [-0.2, -0.15) is 0 Å². The SMILES string of the molecule is C=CCC(N)C(=O)NOCCOC. The largest absolute Gasteiger partial charge is 0.382 e. The highest BCUT2D eigenvalue weighted by Crippen LogP contribution is 1.88. The van der Waals surface area contributed by atoms with Crippen LogP contribution in [-0.4, -0.2) is 32.3 Å². The van der Waals surface area contributed by atoms with Crippen LogP contribution in [0.4, 0.5) is 0 Å². The topological polar surface area (TPSA) is 73.6 Å². The van der Waals surface area contributed by atoms with Gasteiger partial charge in [0.05, 0.1) is 19.3 Å². The van der Waals surface area contributed by atoms with E-state index in [1.807, 2.05) is 0 Å². The Hall–Kier alpha value is -0.910. The van der Waals surface area contributed by atoms with Crippen molar-refractivity contribution in [1.82, 2.24) is 5.48 Å². The van der Waals surface area contributed by atoms with Crippen LogP contribution in [0.15, 0.2) is 12.7 Å². The van der Waals surface area contributed by atoms with Crippen molar-refractivity contribution >= 4 is 5.91 Å². The number of hydrogen-bond acceptors (Lipinski definition) is 4. The summed E-state index contributed by atoms with van der Waals surface area (Å²) in [5.74, 6) is -0.351. The normalized spacial score (nSPS) is 12.2. The predicted molar refractivity (Wildman–Crippen MR) is 48.8 cm³/mol. The van der Waals surface area contributed by atoms with Gasteiger partial charge in [-0.3, -0.25) is 9.63 Å². The molecule has 0 saturated heterocycles. The van der Waals surface area contributed by atoms with E-state index < -0.39 is 6.04 Å². The van der Waals surface area contributed by atoms with E-state index >= 15 is 0 Å². The first kappa shape index (κ1) is 12.1. The summed E-state index contributed by atoms with van der Waals surface area (Å²) >= 11 is 0. The van der Waals surface area contributed by atoms with E-state index in [0.29, 0.717) is 19.6 Å². The van der Waals surface area contributed by atoms with Gasteiger partial charge >= 0.3 is 0 Å². The van der Waals surface area contributed by atoms with Crippen molar-refractivity contribution in [3.8, 4) is 0 Å². The monoisotopic (exact) mass is 188 g/mol. The first-order chi connectivity index (χ1) is 6.22. The number of methoxy groups -OCH3 is 1. The van der Waals surface area contributed by atoms with Crippen molar-refractivity contribution in [1.29, 1.82) is 0 Å². The lowest BCUT2D eigenvalue weighted by atomic mass is 10.2. The van der Waals surface area contributed by atoms with E-state index in [-0.39, 0.29) is 5.91 Å². The molecule has 0 aromatic heterocycles. The maximum absolute atomic E-state index is 11.0. The lowest BCUT2D eigenvalue weighted by Crippen LogP contribution is -2.40. The highest BCUT2D eigenvalue weighted by molar-refractivity contribution is 5.80. The fourth-order valence-corrected chi connectivity index (χ4v) is 0.609. The highest BCUT2D eigenvalue weighted by Gasteiger charge is 2.10. The molecule has 0 radical (unpaired) electrons. The van der Waals surface area contributed by atoms with Crippen LogP contribution in [0.25, 0.3) is 0 Å². The second kappa shape index (κ2) is 7.72. The number of hydrogen-bond donors (Lipinski definition) is 2. The van der Waals surface area contributed by atoms with Crippen molar-refractivity contribution in [2.45, 2.75) is 12.5 Å². The minimum atomic E-state index is -0.597. The van der Waals surface area contributed by atoms with Crippen molar-refractivity contribution in [2.24, 2.45) is 5.73 Å². The van der Waals surface area contributed by atoms with E-state index in [1.54, 1.807) is 13.2 Å². The second-order valence-electron chi connectivity index (χ2n) is 2.44. The van der Waals surface area contributed by atoms with Gasteiger partial charge in [0.1, 0.15) is 0 Å². The number of carbonyl (C=O) groups is 1. The van der Waals surface area contributed by atoms with Crippen LogP contribution < -0.4 is 11.2 Å². The Morgan fingerprint density at radius 3 is 2.92 bits per heavy atom. The number of ether oxygens (including phenoxy) is 1. The fraction of sp³-hybridized carbons (Fsp3) is 0.625. The zero-order chi connectivity index (χ0) is 10.1. The molecule has 76 valence electrons. The summed E-state index contributed by atoms with van der Waals surface area (Å²) in [6.45, 7) is 4.21. The molecule has 0 aliphatic rings. The molecule has 13 heavy (non-hydrogen) atoms. The number of carbonyl (C=O) groups excluding carboxylic acids is 1. The molecule has 0 aromatic rings. The summed E-state index contributed by atoms with van der Waals surface area (Å²) in [5, 5.41) is 0. The zero-order valence-corrected chi connectivity index (χ0v) is 7.79. The molecule has 1 unspecified atom stereocenters. The van der Waals surface area contributed by atoms with Gasteiger partial charge in [0.25, 0.3) is 5.91 Å². The van der Waals surface area contributed by atoms with E-state index in [4.69, 9.17) is 15.3 Å². The molecule has 0 fully saturated rings. The number of rotatable bonds is 7. The van der Waals surface area contributed by atoms with Crippen molar-refractivity contribution in [2.75, 3.05) is 20.3 Å². The number of hydroxylamine groups is 1. The average Bonchev–Trinajstić information content (AvgIpc) is 2.12. The summed E-state index contributed by atoms with van der Waals surface area (Å²) in [7, 11) is 1.55. The molecule has 0 heterocycles. The van der Waals surface area contributed by atoms with Crippen LogP contribution in [0, 0.1) is 0 Å². The number of nitrogens with two attached hydrogens (primary N) is 1. The van der Waals surface area contributed by atoms with E-state index in [9.17, 15) is 4.79 Å². The summed E-state index contributed by atoms with van der Waals surface area (Å²) in [5.41, 5.74) is 7.66. The molecule has 0 rings (SSSR count). The third kappa shape index (κ3) is 6.27. The van der Waals surface area contributed by atoms with Crippen LogP contribution in [0.3, 0.4) is 0 Å². The molecule has 0 aromatic carbocycles. The first-order valence-electron chi connectivity index (χ1n) is 3.99. The molecular weight excluding hydrogens is 172 g/mol. The van der Waals surface area contributed by atoms with E-state index in [1.165, 1.54) is 0 Å². The smallest absolute Gasteiger partial charge is 0.260 e. The molecule has 0 aliphatic carbocycles. The van der Waals surface area contributed by atoms with E-state index in [2.05, 4.69) is 12.1 Å². The van der Waals surface area contributed by atoms with Gasteiger partial charge in [0.15, 0.2) is 0 Å². The van der Waals surface area contributed by atoms with Crippen LogP contribution >= 0.6 is 0 Å². The maximum atomic E-state index is 11.0. The standard InChI is InChI=1S/C8H16N2O3/c1-3-4-7(9)8(11)10-13-6-5-12-2/h3,7H,1,4-6,9H2,2H3,(H,10,11). The van der Waals surface area contributed by atoms with Gasteiger partial charge in [-0.25, -0.2) is 5.48 Å². The highest BCUT2D eigenvalue weighted by atomic mass is 16.7. The molecule has 1 amide bonds. The molecule has 1 atom stereocenters. The molecular formula is C8H16N2O3. The van der Waals surface area contributed by atoms with Crippen LogP contribution in [0.2, 0.25) is 0 Å². The zero-order valence-electron chi connectivity index (χ0n) is 7.79. The Bertz CT molecular complexity index is 161. The molecule has 3 N–H and O–H groups in total. The lowest BCUT2D eigenvalue weighted by Gasteiger charge is -2.09.